The highest BCUT2D eigenvalue weighted by atomic mass is 32.2. The molecule has 0 saturated carbocycles. The lowest BCUT2D eigenvalue weighted by atomic mass is 10.0. The van der Waals surface area contributed by atoms with Crippen LogP contribution in [-0.4, -0.2) is 26.0 Å². The molecule has 0 spiro atoms. The molecule has 0 aliphatic carbocycles. The first kappa shape index (κ1) is 14.7. The van der Waals surface area contributed by atoms with Crippen LogP contribution < -0.4 is 4.72 Å². The van der Waals surface area contributed by atoms with E-state index in [1.807, 2.05) is 0 Å². The molecule has 6 heteroatoms. The molecule has 1 aromatic rings. The number of carbonyl (C=O) groups is 1. The summed E-state index contributed by atoms with van der Waals surface area (Å²) in [7, 11) is -3.49. The molecule has 2 N–H and O–H groups in total. The van der Waals surface area contributed by atoms with Crippen molar-refractivity contribution < 1.29 is 18.3 Å². The lowest BCUT2D eigenvalue weighted by molar-refractivity contribution is -0.141. The number of sulfonamides is 1. The lowest BCUT2D eigenvalue weighted by Gasteiger charge is -2.09. The third-order valence-electron chi connectivity index (χ3n) is 2.51. The Bertz CT molecular complexity index is 525. The predicted octanol–water partition coefficient (Wildman–Crippen LogP) is 1.25. The van der Waals surface area contributed by atoms with E-state index in [9.17, 15) is 13.2 Å². The molecule has 0 aliphatic rings. The van der Waals surface area contributed by atoms with Crippen molar-refractivity contribution in [2.24, 2.45) is 5.92 Å². The van der Waals surface area contributed by atoms with Gasteiger partial charge in [-0.05, 0) is 24.1 Å². The average Bonchev–Trinajstić information content (AvgIpc) is 2.29. The summed E-state index contributed by atoms with van der Waals surface area (Å²) in [5, 5.41) is 8.83. The zero-order valence-electron chi connectivity index (χ0n) is 10.4. The van der Waals surface area contributed by atoms with Crippen LogP contribution in [0.4, 0.5) is 0 Å². The van der Waals surface area contributed by atoms with Gasteiger partial charge in [-0.25, -0.2) is 13.1 Å². The van der Waals surface area contributed by atoms with Crippen molar-refractivity contribution >= 4 is 16.0 Å². The van der Waals surface area contributed by atoms with E-state index >= 15 is 0 Å². The summed E-state index contributed by atoms with van der Waals surface area (Å²) in [5.74, 6) is -1.43. The second-order valence-electron chi connectivity index (χ2n) is 4.09. The molecule has 0 bridgehead atoms. The molecule has 1 rings (SSSR count). The smallest absolute Gasteiger partial charge is 0.306 e. The van der Waals surface area contributed by atoms with E-state index in [4.69, 9.17) is 5.11 Å². The SMILES string of the molecule is CCNS(=O)(=O)c1cccc(CC(C)C(=O)O)c1. The molecule has 0 aliphatic heterocycles. The number of carboxylic acids is 1. The van der Waals surface area contributed by atoms with Crippen molar-refractivity contribution in [2.75, 3.05) is 6.54 Å². The zero-order chi connectivity index (χ0) is 13.8. The third kappa shape index (κ3) is 3.82. The van der Waals surface area contributed by atoms with Crippen molar-refractivity contribution in [1.29, 1.82) is 0 Å². The fourth-order valence-corrected chi connectivity index (χ4v) is 2.66. The normalized spacial score (nSPS) is 13.2. The molecule has 0 heterocycles. The van der Waals surface area contributed by atoms with Gasteiger partial charge in [-0.3, -0.25) is 4.79 Å². The van der Waals surface area contributed by atoms with Crippen LogP contribution in [0, 0.1) is 5.92 Å². The second kappa shape index (κ2) is 5.97. The molecule has 1 atom stereocenters. The van der Waals surface area contributed by atoms with Crippen LogP contribution >= 0.6 is 0 Å². The van der Waals surface area contributed by atoms with E-state index in [-0.39, 0.29) is 4.90 Å². The Morgan fingerprint density at radius 1 is 1.44 bits per heavy atom. The lowest BCUT2D eigenvalue weighted by Crippen LogP contribution is -2.23. The van der Waals surface area contributed by atoms with Crippen LogP contribution in [-0.2, 0) is 21.2 Å². The van der Waals surface area contributed by atoms with Crippen molar-refractivity contribution in [2.45, 2.75) is 25.2 Å². The molecule has 100 valence electrons. The number of carboxylic acid groups (broad SMARTS) is 1. The topological polar surface area (TPSA) is 83.5 Å². The van der Waals surface area contributed by atoms with E-state index in [1.165, 1.54) is 12.1 Å². The Balaban J connectivity index is 2.96. The second-order valence-corrected chi connectivity index (χ2v) is 5.86. The molecule has 18 heavy (non-hydrogen) atoms. The minimum atomic E-state index is -3.49. The van der Waals surface area contributed by atoms with Gasteiger partial charge in [-0.1, -0.05) is 26.0 Å². The van der Waals surface area contributed by atoms with Crippen LogP contribution in [0.15, 0.2) is 29.2 Å². The summed E-state index contributed by atoms with van der Waals surface area (Å²) in [6, 6.07) is 6.35. The van der Waals surface area contributed by atoms with E-state index in [0.29, 0.717) is 18.5 Å². The van der Waals surface area contributed by atoms with Gasteiger partial charge in [0.2, 0.25) is 10.0 Å². The van der Waals surface area contributed by atoms with Crippen molar-refractivity contribution in [3.05, 3.63) is 29.8 Å². The summed E-state index contributed by atoms with van der Waals surface area (Å²) in [6.07, 6.45) is 0.310. The molecule has 1 unspecified atom stereocenters. The van der Waals surface area contributed by atoms with Gasteiger partial charge in [0.25, 0.3) is 0 Å². The van der Waals surface area contributed by atoms with Gasteiger partial charge >= 0.3 is 5.97 Å². The minimum Gasteiger partial charge on any atom is -0.481 e. The van der Waals surface area contributed by atoms with Gasteiger partial charge in [0.05, 0.1) is 10.8 Å². The van der Waals surface area contributed by atoms with Crippen molar-refractivity contribution in [1.82, 2.24) is 4.72 Å². The molecule has 5 nitrogen and oxygen atoms in total. The first-order chi connectivity index (χ1) is 8.36. The Labute approximate surface area is 107 Å². The van der Waals surface area contributed by atoms with Gasteiger partial charge in [0.1, 0.15) is 0 Å². The van der Waals surface area contributed by atoms with Crippen LogP contribution in [0.25, 0.3) is 0 Å². The Morgan fingerprint density at radius 2 is 2.11 bits per heavy atom. The number of nitrogens with one attached hydrogen (secondary N) is 1. The molecular formula is C12H17NO4S. The molecule has 0 radical (unpaired) electrons. The number of aliphatic carboxylic acids is 1. The zero-order valence-corrected chi connectivity index (χ0v) is 11.2. The number of hydrogen-bond acceptors (Lipinski definition) is 3. The molecular weight excluding hydrogens is 254 g/mol. The van der Waals surface area contributed by atoms with Gasteiger partial charge < -0.3 is 5.11 Å². The van der Waals surface area contributed by atoms with Crippen LogP contribution in [0.1, 0.15) is 19.4 Å². The van der Waals surface area contributed by atoms with Gasteiger partial charge in [0, 0.05) is 6.54 Å². The van der Waals surface area contributed by atoms with E-state index in [0.717, 1.165) is 0 Å². The van der Waals surface area contributed by atoms with E-state index in [2.05, 4.69) is 4.72 Å². The number of rotatable bonds is 6. The van der Waals surface area contributed by atoms with E-state index < -0.39 is 21.9 Å². The highest BCUT2D eigenvalue weighted by Gasteiger charge is 2.15. The highest BCUT2D eigenvalue weighted by Crippen LogP contribution is 2.14. The maximum absolute atomic E-state index is 11.8. The largest absolute Gasteiger partial charge is 0.481 e. The summed E-state index contributed by atoms with van der Waals surface area (Å²) in [5.41, 5.74) is 0.698. The number of hydrogen-bond donors (Lipinski definition) is 2. The Kier molecular flexibility index (Phi) is 4.86. The quantitative estimate of drug-likeness (QED) is 0.815. The van der Waals surface area contributed by atoms with Crippen LogP contribution in [0.3, 0.4) is 0 Å². The fourth-order valence-electron chi connectivity index (χ4n) is 1.55. The summed E-state index contributed by atoms with van der Waals surface area (Å²) < 4.78 is 26.0. The Morgan fingerprint density at radius 3 is 2.67 bits per heavy atom. The first-order valence-electron chi connectivity index (χ1n) is 5.68. The monoisotopic (exact) mass is 271 g/mol. The maximum Gasteiger partial charge on any atom is 0.306 e. The van der Waals surface area contributed by atoms with Gasteiger partial charge in [-0.2, -0.15) is 0 Å². The van der Waals surface area contributed by atoms with Gasteiger partial charge in [0.15, 0.2) is 0 Å². The number of benzene rings is 1. The third-order valence-corrected chi connectivity index (χ3v) is 4.05. The molecule has 0 aromatic heterocycles. The molecule has 0 amide bonds. The summed E-state index contributed by atoms with van der Waals surface area (Å²) in [6.45, 7) is 3.61. The molecule has 1 aromatic carbocycles. The summed E-state index contributed by atoms with van der Waals surface area (Å²) >= 11 is 0. The molecule has 0 fully saturated rings. The Hall–Kier alpha value is -1.40. The predicted molar refractivity (Wildman–Crippen MR) is 67.8 cm³/mol. The van der Waals surface area contributed by atoms with Crippen LogP contribution in [0.2, 0.25) is 0 Å². The fraction of sp³-hybridized carbons (Fsp3) is 0.417. The van der Waals surface area contributed by atoms with Gasteiger partial charge in [-0.15, -0.1) is 0 Å². The van der Waals surface area contributed by atoms with E-state index in [1.54, 1.807) is 26.0 Å². The summed E-state index contributed by atoms with van der Waals surface area (Å²) in [4.78, 5) is 10.9. The standard InChI is InChI=1S/C12H17NO4S/c1-3-13-18(16,17)11-6-4-5-10(8-11)7-9(2)12(14)15/h4-6,8-9,13H,3,7H2,1-2H3,(H,14,15). The molecule has 0 saturated heterocycles. The minimum absolute atomic E-state index is 0.166. The maximum atomic E-state index is 11.8. The highest BCUT2D eigenvalue weighted by molar-refractivity contribution is 7.89. The van der Waals surface area contributed by atoms with Crippen molar-refractivity contribution in [3.63, 3.8) is 0 Å². The van der Waals surface area contributed by atoms with Crippen LogP contribution in [0.5, 0.6) is 0 Å². The first-order valence-corrected chi connectivity index (χ1v) is 7.16. The van der Waals surface area contributed by atoms with Crippen molar-refractivity contribution in [3.8, 4) is 0 Å². The average molecular weight is 271 g/mol.